The quantitative estimate of drug-likeness (QED) is 0.750. The number of aromatic amines is 1. The van der Waals surface area contributed by atoms with Crippen molar-refractivity contribution >= 4 is 5.69 Å². The molecule has 0 aromatic carbocycles. The van der Waals surface area contributed by atoms with E-state index in [-0.39, 0.29) is 5.56 Å². The lowest BCUT2D eigenvalue weighted by Crippen LogP contribution is -2.10. The van der Waals surface area contributed by atoms with E-state index in [1.807, 2.05) is 13.2 Å². The molecule has 0 aliphatic rings. The zero-order valence-corrected chi connectivity index (χ0v) is 11.4. The zero-order valence-electron chi connectivity index (χ0n) is 11.4. The summed E-state index contributed by atoms with van der Waals surface area (Å²) >= 11 is 0. The third kappa shape index (κ3) is 2.97. The molecular formula is C14H14N6O. The van der Waals surface area contributed by atoms with Gasteiger partial charge >= 0.3 is 0 Å². The van der Waals surface area contributed by atoms with Crippen LogP contribution in [0.2, 0.25) is 0 Å². The summed E-state index contributed by atoms with van der Waals surface area (Å²) in [5.41, 5.74) is 2.35. The monoisotopic (exact) mass is 282 g/mol. The van der Waals surface area contributed by atoms with Crippen molar-refractivity contribution in [2.45, 2.75) is 6.54 Å². The average Bonchev–Trinajstić information content (AvgIpc) is 2.93. The summed E-state index contributed by atoms with van der Waals surface area (Å²) in [5.74, 6) is 0.662. The standard InChI is InChI=1S/C14H14N6O/c1-20-9-10(6-19-20)11-7-18-14(21)5-12(11)17-8-13-15-3-2-4-16-13/h2-7,9H,8H2,1H3,(H2,17,18,21). The van der Waals surface area contributed by atoms with Crippen LogP contribution < -0.4 is 10.9 Å². The van der Waals surface area contributed by atoms with Gasteiger partial charge in [-0.1, -0.05) is 0 Å². The molecule has 0 spiro atoms. The zero-order chi connectivity index (χ0) is 14.7. The van der Waals surface area contributed by atoms with E-state index in [1.54, 1.807) is 35.5 Å². The minimum absolute atomic E-state index is 0.167. The summed E-state index contributed by atoms with van der Waals surface area (Å²) in [6, 6.07) is 3.28. The van der Waals surface area contributed by atoms with Crippen molar-refractivity contribution in [2.24, 2.45) is 7.05 Å². The van der Waals surface area contributed by atoms with E-state index in [4.69, 9.17) is 0 Å². The molecule has 0 aliphatic carbocycles. The molecule has 0 aliphatic heterocycles. The Morgan fingerprint density at radius 2 is 2.14 bits per heavy atom. The van der Waals surface area contributed by atoms with E-state index in [9.17, 15) is 4.79 Å². The van der Waals surface area contributed by atoms with Crippen LogP contribution in [0.4, 0.5) is 5.69 Å². The molecule has 7 nitrogen and oxygen atoms in total. The van der Waals surface area contributed by atoms with Gasteiger partial charge in [-0.15, -0.1) is 0 Å². The van der Waals surface area contributed by atoms with E-state index in [1.165, 1.54) is 6.07 Å². The van der Waals surface area contributed by atoms with E-state index >= 15 is 0 Å². The number of rotatable bonds is 4. The molecule has 0 atom stereocenters. The normalized spacial score (nSPS) is 10.5. The Labute approximate surface area is 120 Å². The van der Waals surface area contributed by atoms with Crippen LogP contribution >= 0.6 is 0 Å². The van der Waals surface area contributed by atoms with Crippen molar-refractivity contribution in [1.29, 1.82) is 0 Å². The minimum Gasteiger partial charge on any atom is -0.377 e. The highest BCUT2D eigenvalue weighted by Gasteiger charge is 2.08. The van der Waals surface area contributed by atoms with Gasteiger partial charge in [-0.25, -0.2) is 9.97 Å². The van der Waals surface area contributed by atoms with E-state index in [2.05, 4.69) is 25.4 Å². The van der Waals surface area contributed by atoms with Gasteiger partial charge in [0.05, 0.1) is 12.7 Å². The highest BCUT2D eigenvalue weighted by atomic mass is 16.1. The SMILES string of the molecule is Cn1cc(-c2c[nH]c(=O)cc2NCc2ncccn2)cn1. The molecule has 0 saturated carbocycles. The lowest BCUT2D eigenvalue weighted by atomic mass is 10.1. The van der Waals surface area contributed by atoms with Gasteiger partial charge in [-0.05, 0) is 6.07 Å². The molecule has 0 unspecified atom stereocenters. The topological polar surface area (TPSA) is 88.5 Å². The second-order valence-corrected chi connectivity index (χ2v) is 4.55. The summed E-state index contributed by atoms with van der Waals surface area (Å²) < 4.78 is 1.71. The van der Waals surface area contributed by atoms with Crippen LogP contribution in [0.1, 0.15) is 5.82 Å². The van der Waals surface area contributed by atoms with Gasteiger partial charge in [0.25, 0.3) is 0 Å². The van der Waals surface area contributed by atoms with E-state index < -0.39 is 0 Å². The van der Waals surface area contributed by atoms with Crippen molar-refractivity contribution in [2.75, 3.05) is 5.32 Å². The molecule has 2 N–H and O–H groups in total. The van der Waals surface area contributed by atoms with Crippen molar-refractivity contribution in [3.8, 4) is 11.1 Å². The van der Waals surface area contributed by atoms with Crippen molar-refractivity contribution in [3.63, 3.8) is 0 Å². The highest BCUT2D eigenvalue weighted by molar-refractivity contribution is 5.75. The number of hydrogen-bond acceptors (Lipinski definition) is 5. The van der Waals surface area contributed by atoms with Crippen LogP contribution in [-0.2, 0) is 13.6 Å². The van der Waals surface area contributed by atoms with Crippen molar-refractivity contribution < 1.29 is 0 Å². The van der Waals surface area contributed by atoms with Crippen LogP contribution in [0, 0.1) is 0 Å². The maximum absolute atomic E-state index is 11.5. The Kier molecular flexibility index (Phi) is 3.46. The Bertz CT molecular complexity index is 792. The Balaban J connectivity index is 1.90. The smallest absolute Gasteiger partial charge is 0.250 e. The average molecular weight is 282 g/mol. The van der Waals surface area contributed by atoms with Crippen LogP contribution in [0.25, 0.3) is 11.1 Å². The summed E-state index contributed by atoms with van der Waals surface area (Å²) in [7, 11) is 1.85. The third-order valence-electron chi connectivity index (χ3n) is 3.00. The number of aryl methyl sites for hydroxylation is 1. The molecule has 21 heavy (non-hydrogen) atoms. The van der Waals surface area contributed by atoms with Gasteiger partial charge in [-0.3, -0.25) is 9.48 Å². The molecule has 0 amide bonds. The number of aromatic nitrogens is 5. The van der Waals surface area contributed by atoms with Crippen LogP contribution in [0.3, 0.4) is 0 Å². The lowest BCUT2D eigenvalue weighted by Gasteiger charge is -2.09. The first-order chi connectivity index (χ1) is 10.2. The Hall–Kier alpha value is -2.96. The maximum Gasteiger partial charge on any atom is 0.250 e. The largest absolute Gasteiger partial charge is 0.377 e. The maximum atomic E-state index is 11.5. The highest BCUT2D eigenvalue weighted by Crippen LogP contribution is 2.25. The molecule has 3 aromatic rings. The van der Waals surface area contributed by atoms with Gasteiger partial charge in [0.1, 0.15) is 5.82 Å². The van der Waals surface area contributed by atoms with E-state index in [0.717, 1.165) is 16.8 Å². The Morgan fingerprint density at radius 3 is 2.86 bits per heavy atom. The molecule has 0 fully saturated rings. The predicted molar refractivity (Wildman–Crippen MR) is 78.6 cm³/mol. The van der Waals surface area contributed by atoms with Gasteiger partial charge in [0.15, 0.2) is 0 Å². The number of nitrogens with zero attached hydrogens (tertiary/aromatic N) is 4. The number of pyridine rings is 1. The molecule has 0 bridgehead atoms. The van der Waals surface area contributed by atoms with E-state index in [0.29, 0.717) is 12.4 Å². The molecular weight excluding hydrogens is 268 g/mol. The summed E-state index contributed by atoms with van der Waals surface area (Å²) in [6.07, 6.45) is 8.68. The molecule has 7 heteroatoms. The van der Waals surface area contributed by atoms with Crippen LogP contribution in [0.15, 0.2) is 47.9 Å². The fourth-order valence-corrected chi connectivity index (χ4v) is 2.01. The number of hydrogen-bond donors (Lipinski definition) is 2. The van der Waals surface area contributed by atoms with Gasteiger partial charge in [0.2, 0.25) is 5.56 Å². The minimum atomic E-state index is -0.167. The number of H-pyrrole nitrogens is 1. The summed E-state index contributed by atoms with van der Waals surface area (Å²) in [5, 5.41) is 7.34. The number of nitrogens with one attached hydrogen (secondary N) is 2. The van der Waals surface area contributed by atoms with Crippen LogP contribution in [0.5, 0.6) is 0 Å². The molecule has 3 aromatic heterocycles. The van der Waals surface area contributed by atoms with Gasteiger partial charge < -0.3 is 10.3 Å². The third-order valence-corrected chi connectivity index (χ3v) is 3.00. The Morgan fingerprint density at radius 1 is 1.33 bits per heavy atom. The predicted octanol–water partition coefficient (Wildman–Crippen LogP) is 1.18. The van der Waals surface area contributed by atoms with Crippen molar-refractivity contribution in [3.05, 3.63) is 59.3 Å². The molecule has 3 heterocycles. The first-order valence-electron chi connectivity index (χ1n) is 6.44. The fraction of sp³-hybridized carbons (Fsp3) is 0.143. The second-order valence-electron chi connectivity index (χ2n) is 4.55. The summed E-state index contributed by atoms with van der Waals surface area (Å²) in [4.78, 5) is 22.5. The molecule has 0 radical (unpaired) electrons. The molecule has 106 valence electrons. The number of anilines is 1. The summed E-state index contributed by atoms with van der Waals surface area (Å²) in [6.45, 7) is 0.442. The van der Waals surface area contributed by atoms with Gasteiger partial charge in [-0.2, -0.15) is 5.10 Å². The van der Waals surface area contributed by atoms with Crippen molar-refractivity contribution in [1.82, 2.24) is 24.7 Å². The first kappa shape index (κ1) is 13.0. The fourth-order valence-electron chi connectivity index (χ4n) is 2.01. The van der Waals surface area contributed by atoms with Crippen LogP contribution in [-0.4, -0.2) is 24.7 Å². The lowest BCUT2D eigenvalue weighted by molar-refractivity contribution is 0.768. The second kappa shape index (κ2) is 5.58. The van der Waals surface area contributed by atoms with Gasteiger partial charge in [0, 0.05) is 54.7 Å². The first-order valence-corrected chi connectivity index (χ1v) is 6.44. The molecule has 0 saturated heterocycles. The molecule has 3 rings (SSSR count).